The van der Waals surface area contributed by atoms with Crippen LogP contribution in [0.25, 0.3) is 10.9 Å². The number of carbonyl (C=O) groups excluding carboxylic acids is 3. The van der Waals surface area contributed by atoms with Gasteiger partial charge in [0.2, 0.25) is 17.7 Å². The number of aliphatic hydroxyl groups is 1. The van der Waals surface area contributed by atoms with Gasteiger partial charge in [-0.15, -0.1) is 0 Å². The van der Waals surface area contributed by atoms with Gasteiger partial charge in [-0.3, -0.25) is 14.4 Å². The maximum atomic E-state index is 14.5. The molecule has 3 atom stereocenters. The molecule has 2 aromatic carbocycles. The number of aryl methyl sites for hydroxylation is 1. The molecule has 6 N–H and O–H groups in total. The Morgan fingerprint density at radius 3 is 2.30 bits per heavy atom. The molecular weight excluding hydrogens is 702 g/mol. The van der Waals surface area contributed by atoms with Crippen molar-refractivity contribution in [1.82, 2.24) is 26.3 Å². The Hall–Kier alpha value is -4.39. The molecule has 1 heterocycles. The predicted molar refractivity (Wildman–Crippen MR) is 204 cm³/mol. The van der Waals surface area contributed by atoms with Crippen LogP contribution in [0.1, 0.15) is 96.0 Å². The molecule has 0 fully saturated rings. The van der Waals surface area contributed by atoms with Crippen molar-refractivity contribution in [3.8, 4) is 0 Å². The number of hydrogen-bond acceptors (Lipinski definition) is 5. The predicted octanol–water partition coefficient (Wildman–Crippen LogP) is 6.88. The summed E-state index contributed by atoms with van der Waals surface area (Å²) in [6.07, 6.45) is 0.386. The summed E-state index contributed by atoms with van der Waals surface area (Å²) in [6.45, 7) is 12.5. The Bertz CT molecular complexity index is 1740. The molecule has 1 aromatic heterocycles. The highest BCUT2D eigenvalue weighted by Crippen LogP contribution is 2.40. The summed E-state index contributed by atoms with van der Waals surface area (Å²) in [5.41, 5.74) is -0.502. The molecule has 3 aromatic rings. The van der Waals surface area contributed by atoms with Crippen molar-refractivity contribution in [2.24, 2.45) is 11.8 Å². The second-order valence-electron chi connectivity index (χ2n) is 14.4. The zero-order chi connectivity index (χ0) is 40.1. The normalized spacial score (nSPS) is 16.9. The highest BCUT2D eigenvalue weighted by Gasteiger charge is 2.46. The molecule has 0 saturated heterocycles. The lowest BCUT2D eigenvalue weighted by molar-refractivity contribution is -0.136. The first-order valence-electron chi connectivity index (χ1n) is 19.0. The molecule has 0 spiro atoms. The van der Waals surface area contributed by atoms with Crippen LogP contribution in [0.2, 0.25) is 0 Å². The minimum Gasteiger partial charge on any atom is -0.396 e. The number of nitrogens with one attached hydrogen (secondary N) is 5. The summed E-state index contributed by atoms with van der Waals surface area (Å²) < 4.78 is 55.9. The summed E-state index contributed by atoms with van der Waals surface area (Å²) in [5.74, 6) is -1.50. The fraction of sp³-hybridized carbons (Fsp3) is 0.537. The SMILES string of the molecule is CC/C=C(/NCCCO)[C@@H](NC(=O)[C@@]1(NC(=O)CNC(=O)Cc2ccccc2F)CCc2[nH]c3c(C(F)(F)F)cccc3c2C1)C(C)CC.CCC(C)C. The number of halogens is 4. The van der Waals surface area contributed by atoms with Crippen molar-refractivity contribution in [3.63, 3.8) is 0 Å². The molecule has 1 aliphatic rings. The van der Waals surface area contributed by atoms with E-state index < -0.39 is 53.4 Å². The minimum atomic E-state index is -4.61. The molecule has 298 valence electrons. The topological polar surface area (TPSA) is 135 Å². The Balaban J connectivity index is 0.00000147. The van der Waals surface area contributed by atoms with Gasteiger partial charge in [0.1, 0.15) is 11.4 Å². The molecule has 54 heavy (non-hydrogen) atoms. The van der Waals surface area contributed by atoms with Crippen LogP contribution in [0.15, 0.2) is 54.2 Å². The summed E-state index contributed by atoms with van der Waals surface area (Å²) >= 11 is 0. The van der Waals surface area contributed by atoms with Crippen molar-refractivity contribution in [3.05, 3.63) is 82.4 Å². The summed E-state index contributed by atoms with van der Waals surface area (Å²) in [6, 6.07) is 9.17. The van der Waals surface area contributed by atoms with Crippen molar-refractivity contribution in [2.75, 3.05) is 19.7 Å². The van der Waals surface area contributed by atoms with E-state index in [9.17, 15) is 37.1 Å². The van der Waals surface area contributed by atoms with E-state index in [0.29, 0.717) is 42.5 Å². The van der Waals surface area contributed by atoms with Crippen molar-refractivity contribution < 1.29 is 37.1 Å². The standard InChI is InChI=1S/C36H45F4N5O4.C5H12/c1-4-10-29(41-17-9-18-46)32(22(3)5-2)44-34(49)35(45-31(48)21-42-30(47)19-23-11-6-7-14-27(23)37)16-15-28-25(20-35)24-12-8-13-26(33(24)43-28)36(38,39)40;1-4-5(2)3/h6-8,10-14,22,32,41,43,46H,4-5,9,15-21H2,1-3H3,(H,42,47)(H,44,49)(H,45,48);5H,4H2,1-3H3/b29-10+;/t22?,32-,35+;/m0./s1. The fourth-order valence-corrected chi connectivity index (χ4v) is 6.31. The third-order valence-electron chi connectivity index (χ3n) is 9.92. The van der Waals surface area contributed by atoms with E-state index >= 15 is 0 Å². The summed E-state index contributed by atoms with van der Waals surface area (Å²) in [7, 11) is 0. The van der Waals surface area contributed by atoms with Gasteiger partial charge in [0.15, 0.2) is 0 Å². The number of fused-ring (bicyclic) bond motifs is 3. The number of H-pyrrole nitrogens is 1. The average Bonchev–Trinajstić information content (AvgIpc) is 3.50. The lowest BCUT2D eigenvalue weighted by atomic mass is 9.78. The van der Waals surface area contributed by atoms with E-state index in [1.807, 2.05) is 26.8 Å². The van der Waals surface area contributed by atoms with Crippen LogP contribution in [0.4, 0.5) is 17.6 Å². The van der Waals surface area contributed by atoms with Crippen LogP contribution in [-0.2, 0) is 39.8 Å². The first-order valence-corrected chi connectivity index (χ1v) is 19.0. The second-order valence-corrected chi connectivity index (χ2v) is 14.4. The number of allylic oxidation sites excluding steroid dienone is 1. The van der Waals surface area contributed by atoms with Gasteiger partial charge in [-0.2, -0.15) is 13.2 Å². The van der Waals surface area contributed by atoms with E-state index in [-0.39, 0.29) is 49.3 Å². The Labute approximate surface area is 316 Å². The molecule has 0 bridgehead atoms. The maximum Gasteiger partial charge on any atom is 0.418 e. The molecule has 1 unspecified atom stereocenters. The Morgan fingerprint density at radius 1 is 0.981 bits per heavy atom. The number of hydrogen-bond donors (Lipinski definition) is 6. The fourth-order valence-electron chi connectivity index (χ4n) is 6.31. The molecule has 0 saturated carbocycles. The molecule has 0 radical (unpaired) electrons. The Morgan fingerprint density at radius 2 is 1.69 bits per heavy atom. The van der Waals surface area contributed by atoms with Gasteiger partial charge < -0.3 is 31.4 Å². The maximum absolute atomic E-state index is 14.5. The van der Waals surface area contributed by atoms with Crippen molar-refractivity contribution >= 4 is 28.6 Å². The minimum absolute atomic E-state index is 0.0122. The molecule has 3 amide bonds. The summed E-state index contributed by atoms with van der Waals surface area (Å²) in [4.78, 5) is 43.5. The second kappa shape index (κ2) is 20.3. The number of carbonyl (C=O) groups is 3. The van der Waals surface area contributed by atoms with Gasteiger partial charge in [-0.05, 0) is 60.8 Å². The van der Waals surface area contributed by atoms with Gasteiger partial charge in [-0.1, -0.05) is 90.8 Å². The average molecular weight is 760 g/mol. The number of para-hydroxylation sites is 1. The zero-order valence-corrected chi connectivity index (χ0v) is 32.3. The number of aromatic amines is 1. The third kappa shape index (κ3) is 11.8. The quantitative estimate of drug-likeness (QED) is 0.0700. The third-order valence-corrected chi connectivity index (χ3v) is 9.92. The largest absolute Gasteiger partial charge is 0.418 e. The number of benzene rings is 2. The van der Waals surface area contributed by atoms with E-state index in [4.69, 9.17) is 0 Å². The van der Waals surface area contributed by atoms with Crippen LogP contribution >= 0.6 is 0 Å². The number of alkyl halides is 3. The van der Waals surface area contributed by atoms with Gasteiger partial charge in [0.05, 0.1) is 30.1 Å². The smallest absolute Gasteiger partial charge is 0.396 e. The lowest BCUT2D eigenvalue weighted by Crippen LogP contribution is -2.64. The van der Waals surface area contributed by atoms with Crippen LogP contribution in [-0.4, -0.2) is 59.1 Å². The van der Waals surface area contributed by atoms with E-state index in [1.54, 1.807) is 12.1 Å². The van der Waals surface area contributed by atoms with Crippen LogP contribution in [0.3, 0.4) is 0 Å². The van der Waals surface area contributed by atoms with E-state index in [1.165, 1.54) is 30.7 Å². The number of rotatable bonds is 16. The number of amides is 3. The first kappa shape index (κ1) is 44.0. The van der Waals surface area contributed by atoms with Gasteiger partial charge in [0.25, 0.3) is 0 Å². The molecule has 4 rings (SSSR count). The van der Waals surface area contributed by atoms with E-state index in [0.717, 1.165) is 17.7 Å². The Kier molecular flexibility index (Phi) is 16.6. The van der Waals surface area contributed by atoms with Crippen molar-refractivity contribution in [2.45, 2.75) is 111 Å². The molecular formula is C41H57F4N5O4. The zero-order valence-electron chi connectivity index (χ0n) is 32.3. The highest BCUT2D eigenvalue weighted by atomic mass is 19.4. The van der Waals surface area contributed by atoms with E-state index in [2.05, 4.69) is 47.0 Å². The van der Waals surface area contributed by atoms with Gasteiger partial charge >= 0.3 is 6.18 Å². The number of aromatic nitrogens is 1. The van der Waals surface area contributed by atoms with Crippen LogP contribution in [0.5, 0.6) is 0 Å². The first-order chi connectivity index (χ1) is 25.6. The molecule has 9 nitrogen and oxygen atoms in total. The van der Waals surface area contributed by atoms with Crippen molar-refractivity contribution in [1.29, 1.82) is 0 Å². The molecule has 0 aliphatic heterocycles. The monoisotopic (exact) mass is 759 g/mol. The lowest BCUT2D eigenvalue weighted by Gasteiger charge is -2.39. The number of aliphatic hydroxyl groups excluding tert-OH is 1. The van der Waals surface area contributed by atoms with Crippen LogP contribution in [0, 0.1) is 17.7 Å². The molecule has 1 aliphatic carbocycles. The molecule has 13 heteroatoms. The highest BCUT2D eigenvalue weighted by molar-refractivity contribution is 5.96. The van der Waals surface area contributed by atoms with Gasteiger partial charge in [-0.25, -0.2) is 4.39 Å². The van der Waals surface area contributed by atoms with Crippen LogP contribution < -0.4 is 21.3 Å². The van der Waals surface area contributed by atoms with Gasteiger partial charge in [0, 0.05) is 36.3 Å². The summed E-state index contributed by atoms with van der Waals surface area (Å²) in [5, 5.41) is 21.4.